The molecule has 7 nitrogen and oxygen atoms in total. The Bertz CT molecular complexity index is 842. The SMILES string of the molecule is CC(=O)N1CCC[C@H](C(=O)N2CCN(c3ncnc4ccccc34)CC2)C1. The maximum Gasteiger partial charge on any atom is 0.227 e. The topological polar surface area (TPSA) is 69.6 Å². The fourth-order valence-corrected chi connectivity index (χ4v) is 4.10. The molecule has 0 saturated carbocycles. The van der Waals surface area contributed by atoms with Crippen molar-refractivity contribution >= 4 is 28.5 Å². The van der Waals surface area contributed by atoms with Gasteiger partial charge >= 0.3 is 0 Å². The van der Waals surface area contributed by atoms with Gasteiger partial charge in [0.25, 0.3) is 0 Å². The third kappa shape index (κ3) is 3.59. The van der Waals surface area contributed by atoms with Crippen LogP contribution in [-0.2, 0) is 9.59 Å². The number of amides is 2. The predicted octanol–water partition coefficient (Wildman–Crippen LogP) is 1.54. The third-order valence-electron chi connectivity index (χ3n) is 5.63. The fourth-order valence-electron chi connectivity index (χ4n) is 4.10. The molecule has 0 N–H and O–H groups in total. The molecule has 1 atom stereocenters. The number of piperidine rings is 1. The normalized spacial score (nSPS) is 20.8. The first kappa shape index (κ1) is 17.7. The zero-order chi connectivity index (χ0) is 18.8. The van der Waals surface area contributed by atoms with E-state index in [0.717, 1.165) is 49.2 Å². The van der Waals surface area contributed by atoms with Gasteiger partial charge in [-0.15, -0.1) is 0 Å². The summed E-state index contributed by atoms with van der Waals surface area (Å²) in [6.45, 7) is 5.81. The van der Waals surface area contributed by atoms with Crippen LogP contribution in [0, 0.1) is 5.92 Å². The summed E-state index contributed by atoms with van der Waals surface area (Å²) < 4.78 is 0. The zero-order valence-corrected chi connectivity index (χ0v) is 15.7. The summed E-state index contributed by atoms with van der Waals surface area (Å²) in [4.78, 5) is 39.4. The van der Waals surface area contributed by atoms with Crippen molar-refractivity contribution in [2.24, 2.45) is 5.92 Å². The van der Waals surface area contributed by atoms with Crippen LogP contribution in [0.15, 0.2) is 30.6 Å². The minimum Gasteiger partial charge on any atom is -0.352 e. The van der Waals surface area contributed by atoms with E-state index in [1.165, 1.54) is 0 Å². The lowest BCUT2D eigenvalue weighted by molar-refractivity contribution is -0.140. The molecule has 2 aromatic rings. The molecule has 0 radical (unpaired) electrons. The van der Waals surface area contributed by atoms with E-state index < -0.39 is 0 Å². The number of piperazine rings is 1. The van der Waals surface area contributed by atoms with Crippen molar-refractivity contribution in [1.82, 2.24) is 19.8 Å². The lowest BCUT2D eigenvalue weighted by Gasteiger charge is -2.39. The van der Waals surface area contributed by atoms with Crippen molar-refractivity contribution in [1.29, 1.82) is 0 Å². The van der Waals surface area contributed by atoms with Gasteiger partial charge in [0.15, 0.2) is 0 Å². The highest BCUT2D eigenvalue weighted by Crippen LogP contribution is 2.25. The molecule has 1 aromatic heterocycles. The van der Waals surface area contributed by atoms with Gasteiger partial charge in [-0.05, 0) is 25.0 Å². The van der Waals surface area contributed by atoms with E-state index in [4.69, 9.17) is 0 Å². The highest BCUT2D eigenvalue weighted by atomic mass is 16.2. The van der Waals surface area contributed by atoms with Gasteiger partial charge in [0, 0.05) is 51.6 Å². The standard InChI is InChI=1S/C20H25N5O2/c1-15(26)25-8-4-5-16(13-25)20(27)24-11-9-23(10-12-24)19-17-6-2-3-7-18(17)21-14-22-19/h2-3,6-7,14,16H,4-5,8-13H2,1H3/t16-/m0/s1. The Morgan fingerprint density at radius 2 is 1.78 bits per heavy atom. The van der Waals surface area contributed by atoms with E-state index in [9.17, 15) is 9.59 Å². The monoisotopic (exact) mass is 367 g/mol. The molecule has 27 heavy (non-hydrogen) atoms. The zero-order valence-electron chi connectivity index (χ0n) is 15.7. The van der Waals surface area contributed by atoms with E-state index in [0.29, 0.717) is 19.6 Å². The Kier molecular flexibility index (Phi) is 4.92. The predicted molar refractivity (Wildman–Crippen MR) is 103 cm³/mol. The van der Waals surface area contributed by atoms with Crippen LogP contribution >= 0.6 is 0 Å². The molecule has 142 valence electrons. The number of likely N-dealkylation sites (tertiary alicyclic amines) is 1. The molecule has 7 heteroatoms. The molecule has 0 spiro atoms. The van der Waals surface area contributed by atoms with Crippen LogP contribution in [0.25, 0.3) is 10.9 Å². The van der Waals surface area contributed by atoms with E-state index in [1.54, 1.807) is 18.2 Å². The Labute approximate surface area is 159 Å². The van der Waals surface area contributed by atoms with Crippen LogP contribution in [0.4, 0.5) is 5.82 Å². The minimum atomic E-state index is -0.0610. The number of carbonyl (C=O) groups excluding carboxylic acids is 2. The maximum absolute atomic E-state index is 12.9. The summed E-state index contributed by atoms with van der Waals surface area (Å²) in [5.74, 6) is 1.13. The summed E-state index contributed by atoms with van der Waals surface area (Å²) >= 11 is 0. The first-order valence-corrected chi connectivity index (χ1v) is 9.62. The first-order valence-electron chi connectivity index (χ1n) is 9.62. The lowest BCUT2D eigenvalue weighted by Crippen LogP contribution is -2.53. The number of aromatic nitrogens is 2. The van der Waals surface area contributed by atoms with Gasteiger partial charge in [0.1, 0.15) is 12.1 Å². The van der Waals surface area contributed by atoms with Crippen LogP contribution in [0.5, 0.6) is 0 Å². The van der Waals surface area contributed by atoms with Gasteiger partial charge in [-0.1, -0.05) is 12.1 Å². The molecule has 2 fully saturated rings. The third-order valence-corrected chi connectivity index (χ3v) is 5.63. The second-order valence-corrected chi connectivity index (χ2v) is 7.33. The van der Waals surface area contributed by atoms with Gasteiger partial charge in [0.2, 0.25) is 11.8 Å². The molecule has 2 aliphatic heterocycles. The van der Waals surface area contributed by atoms with Crippen LogP contribution in [0.2, 0.25) is 0 Å². The number of benzene rings is 1. The summed E-state index contributed by atoms with van der Waals surface area (Å²) in [6, 6.07) is 8.01. The second kappa shape index (κ2) is 7.50. The van der Waals surface area contributed by atoms with Crippen molar-refractivity contribution in [3.05, 3.63) is 30.6 Å². The molecular formula is C20H25N5O2. The van der Waals surface area contributed by atoms with Gasteiger partial charge in [-0.2, -0.15) is 0 Å². The number of para-hydroxylation sites is 1. The number of anilines is 1. The van der Waals surface area contributed by atoms with Gasteiger partial charge in [-0.25, -0.2) is 9.97 Å². The van der Waals surface area contributed by atoms with Crippen LogP contribution in [0.3, 0.4) is 0 Å². The molecule has 0 unspecified atom stereocenters. The highest BCUT2D eigenvalue weighted by molar-refractivity contribution is 5.89. The molecular weight excluding hydrogens is 342 g/mol. The number of fused-ring (bicyclic) bond motifs is 1. The minimum absolute atomic E-state index is 0.0610. The average Bonchev–Trinajstić information content (AvgIpc) is 2.73. The van der Waals surface area contributed by atoms with Gasteiger partial charge in [0.05, 0.1) is 11.4 Å². The number of carbonyl (C=O) groups is 2. The highest BCUT2D eigenvalue weighted by Gasteiger charge is 2.32. The molecule has 1 aromatic carbocycles. The van der Waals surface area contributed by atoms with E-state index in [2.05, 4.69) is 14.9 Å². The molecule has 0 aliphatic carbocycles. The average molecular weight is 367 g/mol. The van der Waals surface area contributed by atoms with Crippen LogP contribution in [0.1, 0.15) is 19.8 Å². The Hall–Kier alpha value is -2.70. The van der Waals surface area contributed by atoms with Crippen molar-refractivity contribution in [3.63, 3.8) is 0 Å². The number of hydrogen-bond acceptors (Lipinski definition) is 5. The second-order valence-electron chi connectivity index (χ2n) is 7.33. The summed E-state index contributed by atoms with van der Waals surface area (Å²) in [6.07, 6.45) is 3.38. The van der Waals surface area contributed by atoms with Gasteiger partial charge in [-0.3, -0.25) is 9.59 Å². The van der Waals surface area contributed by atoms with Crippen molar-refractivity contribution < 1.29 is 9.59 Å². The van der Waals surface area contributed by atoms with Crippen LogP contribution in [-0.4, -0.2) is 70.9 Å². The number of rotatable bonds is 2. The van der Waals surface area contributed by atoms with Crippen molar-refractivity contribution in [2.75, 3.05) is 44.2 Å². The fraction of sp³-hybridized carbons (Fsp3) is 0.500. The largest absolute Gasteiger partial charge is 0.352 e. The quantitative estimate of drug-likeness (QED) is 0.805. The van der Waals surface area contributed by atoms with Crippen LogP contribution < -0.4 is 4.90 Å². The Morgan fingerprint density at radius 1 is 1.00 bits per heavy atom. The van der Waals surface area contributed by atoms with Crippen molar-refractivity contribution in [2.45, 2.75) is 19.8 Å². The molecule has 0 bridgehead atoms. The molecule has 2 aliphatic rings. The molecule has 4 rings (SSSR count). The van der Waals surface area contributed by atoms with Crippen molar-refractivity contribution in [3.8, 4) is 0 Å². The number of hydrogen-bond donors (Lipinski definition) is 0. The summed E-state index contributed by atoms with van der Waals surface area (Å²) in [5, 5.41) is 1.05. The lowest BCUT2D eigenvalue weighted by atomic mass is 9.96. The Balaban J connectivity index is 1.41. The molecule has 3 heterocycles. The van der Waals surface area contributed by atoms with E-state index in [1.807, 2.05) is 29.2 Å². The van der Waals surface area contributed by atoms with Gasteiger partial charge < -0.3 is 14.7 Å². The smallest absolute Gasteiger partial charge is 0.227 e. The van der Waals surface area contributed by atoms with E-state index >= 15 is 0 Å². The summed E-state index contributed by atoms with van der Waals surface area (Å²) in [7, 11) is 0. The van der Waals surface area contributed by atoms with E-state index in [-0.39, 0.29) is 17.7 Å². The maximum atomic E-state index is 12.9. The molecule has 2 saturated heterocycles. The Morgan fingerprint density at radius 3 is 2.56 bits per heavy atom. The molecule has 2 amide bonds. The first-order chi connectivity index (χ1) is 13.1. The summed E-state index contributed by atoms with van der Waals surface area (Å²) in [5.41, 5.74) is 0.938. The number of nitrogens with zero attached hydrogens (tertiary/aromatic N) is 5.